The first-order chi connectivity index (χ1) is 14.3. The van der Waals surface area contributed by atoms with Crippen LogP contribution in [0.5, 0.6) is 5.75 Å². The summed E-state index contributed by atoms with van der Waals surface area (Å²) in [6, 6.07) is 26.2. The summed E-state index contributed by atoms with van der Waals surface area (Å²) in [5.41, 5.74) is 4.40. The van der Waals surface area contributed by atoms with Gasteiger partial charge in [0.15, 0.2) is 0 Å². The number of hydrogen-bond acceptors (Lipinski definition) is 3. The van der Waals surface area contributed by atoms with Crippen LogP contribution in [-0.2, 0) is 29.3 Å². The van der Waals surface area contributed by atoms with Gasteiger partial charge in [-0.3, -0.25) is 4.79 Å². The number of carbonyl (C=O) groups excluding carboxylic acids is 1. The second-order valence-corrected chi connectivity index (χ2v) is 7.67. The van der Waals surface area contributed by atoms with E-state index >= 15 is 0 Å². The summed E-state index contributed by atoms with van der Waals surface area (Å²) in [6.45, 7) is 2.32. The number of amides is 1. The Morgan fingerprint density at radius 2 is 1.66 bits per heavy atom. The van der Waals surface area contributed by atoms with Crippen molar-refractivity contribution in [3.8, 4) is 5.75 Å². The molecule has 3 aromatic rings. The van der Waals surface area contributed by atoms with Gasteiger partial charge in [0.2, 0.25) is 5.91 Å². The molecule has 2 heterocycles. The molecular weight excluding hydrogens is 362 g/mol. The highest BCUT2D eigenvalue weighted by atomic mass is 16.5. The maximum Gasteiger partial charge on any atom is 0.233 e. The highest BCUT2D eigenvalue weighted by molar-refractivity contribution is 5.87. The molecule has 3 aromatic carbocycles. The molecule has 5 rings (SSSR count). The van der Waals surface area contributed by atoms with E-state index in [0.29, 0.717) is 26.3 Å². The summed E-state index contributed by atoms with van der Waals surface area (Å²) in [7, 11) is 0. The van der Waals surface area contributed by atoms with Crippen LogP contribution < -0.4 is 4.74 Å². The number of hydrogen-bond donors (Lipinski definition) is 0. The summed E-state index contributed by atoms with van der Waals surface area (Å²) in [5.74, 6) is 0.740. The lowest BCUT2D eigenvalue weighted by Crippen LogP contribution is -2.28. The fraction of sp³-hybridized carbons (Fsp3) is 0.240. The minimum atomic E-state index is -0.217. The van der Waals surface area contributed by atoms with Gasteiger partial charge in [0, 0.05) is 13.1 Å². The second kappa shape index (κ2) is 7.72. The maximum atomic E-state index is 13.1. The molecule has 146 valence electrons. The minimum absolute atomic E-state index is 0.0743. The van der Waals surface area contributed by atoms with Crippen LogP contribution in [0.2, 0.25) is 0 Å². The van der Waals surface area contributed by atoms with Crippen molar-refractivity contribution in [3.05, 3.63) is 101 Å². The first-order valence-electron chi connectivity index (χ1n) is 10.0. The Hall–Kier alpha value is -3.11. The zero-order valence-corrected chi connectivity index (χ0v) is 16.2. The maximum absolute atomic E-state index is 13.1. The first-order valence-corrected chi connectivity index (χ1v) is 10.0. The lowest BCUT2D eigenvalue weighted by molar-refractivity contribution is -0.130. The Morgan fingerprint density at radius 3 is 2.41 bits per heavy atom. The molecule has 0 aliphatic carbocycles. The van der Waals surface area contributed by atoms with Gasteiger partial charge in [0.25, 0.3) is 0 Å². The normalized spacial score (nSPS) is 20.3. The van der Waals surface area contributed by atoms with Crippen molar-refractivity contribution in [2.75, 3.05) is 6.54 Å². The van der Waals surface area contributed by atoms with Crippen LogP contribution in [0.25, 0.3) is 0 Å². The number of nitrogens with zero attached hydrogens (tertiary/aromatic N) is 1. The summed E-state index contributed by atoms with van der Waals surface area (Å²) >= 11 is 0. The molecule has 29 heavy (non-hydrogen) atoms. The summed E-state index contributed by atoms with van der Waals surface area (Å²) in [5, 5.41) is 0. The predicted octanol–water partition coefficient (Wildman–Crippen LogP) is 4.29. The molecule has 0 bridgehead atoms. The van der Waals surface area contributed by atoms with Crippen LogP contribution in [-0.4, -0.2) is 23.5 Å². The van der Waals surface area contributed by atoms with E-state index in [1.54, 1.807) is 0 Å². The topological polar surface area (TPSA) is 38.8 Å². The Kier molecular flexibility index (Phi) is 4.78. The SMILES string of the molecule is O=C1[C@H]2c3ccc(OCc4ccccc4)cc3CO[C@H]2CN1Cc1ccccc1. The number of fused-ring (bicyclic) bond motifs is 3. The van der Waals surface area contributed by atoms with E-state index in [9.17, 15) is 4.79 Å². The average Bonchev–Trinajstić information content (AvgIpc) is 3.09. The third kappa shape index (κ3) is 3.64. The van der Waals surface area contributed by atoms with E-state index in [-0.39, 0.29) is 17.9 Å². The average molecular weight is 385 g/mol. The van der Waals surface area contributed by atoms with Crippen LogP contribution >= 0.6 is 0 Å². The summed E-state index contributed by atoms with van der Waals surface area (Å²) in [4.78, 5) is 15.0. The number of ether oxygens (including phenoxy) is 2. The molecule has 4 heteroatoms. The molecule has 2 aliphatic rings. The van der Waals surface area contributed by atoms with Gasteiger partial charge in [-0.05, 0) is 34.4 Å². The van der Waals surface area contributed by atoms with Gasteiger partial charge in [-0.1, -0.05) is 66.7 Å². The number of likely N-dealkylation sites (tertiary alicyclic amines) is 1. The van der Waals surface area contributed by atoms with Crippen molar-refractivity contribution < 1.29 is 14.3 Å². The number of carbonyl (C=O) groups is 1. The van der Waals surface area contributed by atoms with E-state index in [2.05, 4.69) is 12.1 Å². The van der Waals surface area contributed by atoms with Crippen molar-refractivity contribution in [2.24, 2.45) is 0 Å². The highest BCUT2D eigenvalue weighted by Gasteiger charge is 2.45. The zero-order valence-electron chi connectivity index (χ0n) is 16.2. The van der Waals surface area contributed by atoms with E-state index in [4.69, 9.17) is 9.47 Å². The summed E-state index contributed by atoms with van der Waals surface area (Å²) < 4.78 is 12.0. The number of benzene rings is 3. The van der Waals surface area contributed by atoms with Gasteiger partial charge in [-0.2, -0.15) is 0 Å². The van der Waals surface area contributed by atoms with Crippen molar-refractivity contribution >= 4 is 5.91 Å². The smallest absolute Gasteiger partial charge is 0.233 e. The van der Waals surface area contributed by atoms with Crippen LogP contribution in [0.3, 0.4) is 0 Å². The van der Waals surface area contributed by atoms with Gasteiger partial charge in [-0.15, -0.1) is 0 Å². The van der Waals surface area contributed by atoms with Crippen LogP contribution in [0.1, 0.15) is 28.2 Å². The van der Waals surface area contributed by atoms with Crippen molar-refractivity contribution in [3.63, 3.8) is 0 Å². The van der Waals surface area contributed by atoms with E-state index in [1.165, 1.54) is 0 Å². The van der Waals surface area contributed by atoms with Gasteiger partial charge >= 0.3 is 0 Å². The molecule has 0 saturated carbocycles. The van der Waals surface area contributed by atoms with Crippen molar-refractivity contribution in [1.82, 2.24) is 4.90 Å². The fourth-order valence-corrected chi connectivity index (χ4v) is 4.23. The third-order valence-corrected chi connectivity index (χ3v) is 5.72. The minimum Gasteiger partial charge on any atom is -0.489 e. The van der Waals surface area contributed by atoms with Crippen molar-refractivity contribution in [2.45, 2.75) is 31.8 Å². The summed E-state index contributed by atoms with van der Waals surface area (Å²) in [6.07, 6.45) is -0.0743. The molecule has 2 atom stereocenters. The molecule has 1 amide bonds. The molecule has 1 saturated heterocycles. The van der Waals surface area contributed by atoms with E-state index in [1.807, 2.05) is 71.6 Å². The zero-order chi connectivity index (χ0) is 19.6. The lowest BCUT2D eigenvalue weighted by atomic mass is 9.89. The van der Waals surface area contributed by atoms with Gasteiger partial charge in [0.05, 0.1) is 18.6 Å². The monoisotopic (exact) mass is 385 g/mol. The molecule has 2 aliphatic heterocycles. The van der Waals surface area contributed by atoms with Gasteiger partial charge in [0.1, 0.15) is 12.4 Å². The van der Waals surface area contributed by atoms with Crippen LogP contribution in [0, 0.1) is 0 Å². The predicted molar refractivity (Wildman–Crippen MR) is 110 cm³/mol. The van der Waals surface area contributed by atoms with E-state index < -0.39 is 0 Å². The quantitative estimate of drug-likeness (QED) is 0.658. The fourth-order valence-electron chi connectivity index (χ4n) is 4.23. The van der Waals surface area contributed by atoms with Crippen LogP contribution in [0.15, 0.2) is 78.9 Å². The second-order valence-electron chi connectivity index (χ2n) is 7.67. The molecule has 0 radical (unpaired) electrons. The first kappa shape index (κ1) is 18.0. The van der Waals surface area contributed by atoms with E-state index in [0.717, 1.165) is 28.0 Å². The molecule has 0 spiro atoms. The molecule has 1 fully saturated rings. The van der Waals surface area contributed by atoms with Crippen molar-refractivity contribution in [1.29, 1.82) is 0 Å². The molecule has 0 aromatic heterocycles. The lowest BCUT2D eigenvalue weighted by Gasteiger charge is -2.26. The molecule has 4 nitrogen and oxygen atoms in total. The molecule has 0 unspecified atom stereocenters. The van der Waals surface area contributed by atoms with Gasteiger partial charge < -0.3 is 14.4 Å². The Bertz CT molecular complexity index is 1000. The standard InChI is InChI=1S/C25H23NO3/c27-25-24-22-12-11-21(28-16-19-9-5-2-6-10-19)13-20(22)17-29-23(24)15-26(25)14-18-7-3-1-4-8-18/h1-13,23-24H,14-17H2/t23-,24-/m0/s1. The Labute approximate surface area is 170 Å². The number of rotatable bonds is 5. The Morgan fingerprint density at radius 1 is 0.931 bits per heavy atom. The third-order valence-electron chi connectivity index (χ3n) is 5.72. The Balaban J connectivity index is 1.32. The molecule has 0 N–H and O–H groups in total. The highest BCUT2D eigenvalue weighted by Crippen LogP contribution is 2.39. The molecular formula is C25H23NO3. The largest absolute Gasteiger partial charge is 0.489 e. The van der Waals surface area contributed by atoms with Gasteiger partial charge in [-0.25, -0.2) is 0 Å². The van der Waals surface area contributed by atoms with Crippen LogP contribution in [0.4, 0.5) is 0 Å².